The number of hydroxylamine groups is 2. The first-order valence-corrected chi connectivity index (χ1v) is 9.68. The SMILES string of the molecule is CC(C)(C)OC(=O)N1CCC(CCCC(=O)ON2CCC(=O)CC2)CC1. The van der Waals surface area contributed by atoms with Gasteiger partial charge in [-0.3, -0.25) is 9.59 Å². The highest BCUT2D eigenvalue weighted by molar-refractivity contribution is 5.79. The fourth-order valence-corrected chi connectivity index (χ4v) is 3.28. The van der Waals surface area contributed by atoms with Crippen LogP contribution in [0, 0.1) is 5.92 Å². The lowest BCUT2D eigenvalue weighted by molar-refractivity contribution is -0.195. The third-order valence-corrected chi connectivity index (χ3v) is 4.77. The second-order valence-electron chi connectivity index (χ2n) is 8.23. The van der Waals surface area contributed by atoms with Crippen LogP contribution >= 0.6 is 0 Å². The molecule has 1 amide bonds. The van der Waals surface area contributed by atoms with Gasteiger partial charge in [-0.2, -0.15) is 0 Å². The fraction of sp³-hybridized carbons (Fsp3) is 0.842. The highest BCUT2D eigenvalue weighted by Crippen LogP contribution is 2.24. The fourth-order valence-electron chi connectivity index (χ4n) is 3.28. The molecule has 0 N–H and O–H groups in total. The van der Waals surface area contributed by atoms with Crippen molar-refractivity contribution < 1.29 is 24.0 Å². The number of likely N-dealkylation sites (tertiary alicyclic amines) is 1. The molecule has 2 aliphatic heterocycles. The quantitative estimate of drug-likeness (QED) is 0.743. The Morgan fingerprint density at radius 3 is 2.27 bits per heavy atom. The Hall–Kier alpha value is -1.63. The van der Waals surface area contributed by atoms with Gasteiger partial charge in [0.05, 0.1) is 0 Å². The first-order valence-electron chi connectivity index (χ1n) is 9.68. The van der Waals surface area contributed by atoms with Crippen LogP contribution < -0.4 is 0 Å². The highest BCUT2D eigenvalue weighted by Gasteiger charge is 2.27. The van der Waals surface area contributed by atoms with Gasteiger partial charge in [-0.15, -0.1) is 5.06 Å². The lowest BCUT2D eigenvalue weighted by Crippen LogP contribution is -2.41. The van der Waals surface area contributed by atoms with E-state index < -0.39 is 5.60 Å². The minimum atomic E-state index is -0.462. The number of ketones is 1. The molecule has 7 nitrogen and oxygen atoms in total. The van der Waals surface area contributed by atoms with Crippen LogP contribution in [0.15, 0.2) is 0 Å². The number of piperidine rings is 2. The number of Topliss-reactive ketones (excluding diaryl/α,β-unsaturated/α-hetero) is 1. The maximum atomic E-state index is 12.1. The third kappa shape index (κ3) is 7.32. The Morgan fingerprint density at radius 1 is 1.08 bits per heavy atom. The lowest BCUT2D eigenvalue weighted by Gasteiger charge is -2.33. The van der Waals surface area contributed by atoms with Crippen LogP contribution in [0.4, 0.5) is 4.79 Å². The van der Waals surface area contributed by atoms with Gasteiger partial charge in [0.2, 0.25) is 0 Å². The topological polar surface area (TPSA) is 76.2 Å². The van der Waals surface area contributed by atoms with Gasteiger partial charge >= 0.3 is 12.1 Å². The van der Waals surface area contributed by atoms with E-state index in [0.717, 1.165) is 25.7 Å². The van der Waals surface area contributed by atoms with Crippen molar-refractivity contribution in [2.24, 2.45) is 5.92 Å². The monoisotopic (exact) mass is 368 g/mol. The van der Waals surface area contributed by atoms with Crippen LogP contribution in [0.2, 0.25) is 0 Å². The average molecular weight is 368 g/mol. The Bertz CT molecular complexity index is 497. The van der Waals surface area contributed by atoms with Crippen molar-refractivity contribution in [3.63, 3.8) is 0 Å². The van der Waals surface area contributed by atoms with Gasteiger partial charge in [-0.05, 0) is 52.4 Å². The summed E-state index contributed by atoms with van der Waals surface area (Å²) in [6.45, 7) is 8.06. The zero-order chi connectivity index (χ0) is 19.2. The molecule has 0 aliphatic carbocycles. The van der Waals surface area contributed by atoms with E-state index in [1.165, 1.54) is 0 Å². The maximum Gasteiger partial charge on any atom is 0.410 e. The number of amides is 1. The standard InChI is InChI=1S/C19H32N2O5/c1-19(2,3)25-18(24)20-11-7-15(8-12-20)5-4-6-17(23)26-21-13-9-16(22)10-14-21/h15H,4-14H2,1-3H3. The van der Waals surface area contributed by atoms with Crippen molar-refractivity contribution in [2.45, 2.75) is 71.3 Å². The van der Waals surface area contributed by atoms with Crippen molar-refractivity contribution in [1.29, 1.82) is 0 Å². The van der Waals surface area contributed by atoms with Gasteiger partial charge in [-0.1, -0.05) is 0 Å². The Labute approximate surface area is 155 Å². The summed E-state index contributed by atoms with van der Waals surface area (Å²) in [5, 5.41) is 1.60. The first kappa shape index (κ1) is 20.7. The molecule has 0 aromatic heterocycles. The largest absolute Gasteiger partial charge is 0.444 e. The van der Waals surface area contributed by atoms with E-state index in [9.17, 15) is 14.4 Å². The number of carbonyl (C=O) groups is 3. The summed E-state index contributed by atoms with van der Waals surface area (Å²) >= 11 is 0. The molecular formula is C19H32N2O5. The normalized spacial score (nSPS) is 20.1. The summed E-state index contributed by atoms with van der Waals surface area (Å²) < 4.78 is 5.40. The predicted octanol–water partition coefficient (Wildman–Crippen LogP) is 2.93. The second kappa shape index (κ2) is 9.35. The summed E-state index contributed by atoms with van der Waals surface area (Å²) in [6, 6.07) is 0. The Balaban J connectivity index is 1.57. The second-order valence-corrected chi connectivity index (χ2v) is 8.23. The third-order valence-electron chi connectivity index (χ3n) is 4.77. The van der Waals surface area contributed by atoms with E-state index in [1.54, 1.807) is 9.96 Å². The van der Waals surface area contributed by atoms with E-state index in [1.807, 2.05) is 20.8 Å². The van der Waals surface area contributed by atoms with Crippen LogP contribution in [0.3, 0.4) is 0 Å². The Morgan fingerprint density at radius 2 is 1.69 bits per heavy atom. The number of hydrogen-bond donors (Lipinski definition) is 0. The van der Waals surface area contributed by atoms with Crippen molar-refractivity contribution in [2.75, 3.05) is 26.2 Å². The predicted molar refractivity (Wildman–Crippen MR) is 96.3 cm³/mol. The van der Waals surface area contributed by atoms with Gasteiger partial charge in [0.15, 0.2) is 0 Å². The minimum Gasteiger partial charge on any atom is -0.444 e. The van der Waals surface area contributed by atoms with Crippen molar-refractivity contribution in [1.82, 2.24) is 9.96 Å². The molecule has 0 unspecified atom stereocenters. The van der Waals surface area contributed by atoms with E-state index in [4.69, 9.17) is 9.57 Å². The lowest BCUT2D eigenvalue weighted by atomic mass is 9.92. The average Bonchev–Trinajstić information content (AvgIpc) is 2.56. The van der Waals surface area contributed by atoms with Gasteiger partial charge in [0.1, 0.15) is 11.4 Å². The van der Waals surface area contributed by atoms with Crippen LogP contribution in [0.25, 0.3) is 0 Å². The van der Waals surface area contributed by atoms with Crippen LogP contribution in [-0.2, 0) is 19.2 Å². The van der Waals surface area contributed by atoms with Gasteiger partial charge < -0.3 is 14.5 Å². The molecule has 0 radical (unpaired) electrons. The van der Waals surface area contributed by atoms with E-state index in [0.29, 0.717) is 51.4 Å². The molecule has 0 aromatic carbocycles. The zero-order valence-corrected chi connectivity index (χ0v) is 16.3. The molecular weight excluding hydrogens is 336 g/mol. The molecule has 2 rings (SSSR count). The molecule has 0 saturated carbocycles. The zero-order valence-electron chi connectivity index (χ0n) is 16.3. The van der Waals surface area contributed by atoms with E-state index >= 15 is 0 Å². The summed E-state index contributed by atoms with van der Waals surface area (Å²) in [5.74, 6) is 0.551. The van der Waals surface area contributed by atoms with E-state index in [-0.39, 0.29) is 17.8 Å². The van der Waals surface area contributed by atoms with Crippen LogP contribution in [0.1, 0.15) is 65.7 Å². The maximum absolute atomic E-state index is 12.1. The van der Waals surface area contributed by atoms with Crippen LogP contribution in [0.5, 0.6) is 0 Å². The molecule has 2 aliphatic rings. The number of nitrogens with zero attached hydrogens (tertiary/aromatic N) is 2. The Kier molecular flexibility index (Phi) is 7.43. The summed E-state index contributed by atoms with van der Waals surface area (Å²) in [4.78, 5) is 42.2. The van der Waals surface area contributed by atoms with Crippen molar-refractivity contribution in [3.05, 3.63) is 0 Å². The summed E-state index contributed by atoms with van der Waals surface area (Å²) in [5.41, 5.74) is -0.462. The molecule has 0 spiro atoms. The van der Waals surface area contributed by atoms with Crippen molar-refractivity contribution >= 4 is 17.8 Å². The number of ether oxygens (including phenoxy) is 1. The highest BCUT2D eigenvalue weighted by atomic mass is 16.7. The van der Waals surface area contributed by atoms with E-state index in [2.05, 4.69) is 0 Å². The molecule has 2 fully saturated rings. The molecule has 2 heterocycles. The summed E-state index contributed by atoms with van der Waals surface area (Å²) in [6.07, 6.45) is 4.74. The molecule has 0 bridgehead atoms. The van der Waals surface area contributed by atoms with Gasteiger partial charge in [0.25, 0.3) is 0 Å². The number of carbonyl (C=O) groups excluding carboxylic acids is 3. The van der Waals surface area contributed by atoms with Gasteiger partial charge in [-0.25, -0.2) is 4.79 Å². The molecule has 0 atom stereocenters. The minimum absolute atomic E-state index is 0.217. The molecule has 0 aromatic rings. The smallest absolute Gasteiger partial charge is 0.410 e. The first-order chi connectivity index (χ1) is 12.2. The molecule has 148 valence electrons. The molecule has 26 heavy (non-hydrogen) atoms. The number of hydrogen-bond acceptors (Lipinski definition) is 6. The molecule has 2 saturated heterocycles. The summed E-state index contributed by atoms with van der Waals surface area (Å²) in [7, 11) is 0. The molecule has 7 heteroatoms. The number of rotatable bonds is 5. The van der Waals surface area contributed by atoms with Crippen molar-refractivity contribution in [3.8, 4) is 0 Å². The van der Waals surface area contributed by atoms with Gasteiger partial charge in [0, 0.05) is 45.4 Å². The van der Waals surface area contributed by atoms with Crippen LogP contribution in [-0.4, -0.2) is 59.6 Å².